The van der Waals surface area contributed by atoms with Crippen LogP contribution in [0, 0.1) is 6.92 Å². The third-order valence-electron chi connectivity index (χ3n) is 1.35. The zero-order chi connectivity index (χ0) is 10.6. The second-order valence-corrected chi connectivity index (χ2v) is 4.16. The molecule has 1 aromatic carbocycles. The number of ether oxygens (including phenoxy) is 1. The van der Waals surface area contributed by atoms with E-state index >= 15 is 0 Å². The molecule has 1 rings (SSSR count). The summed E-state index contributed by atoms with van der Waals surface area (Å²) in [6, 6.07) is 6.52. The van der Waals surface area contributed by atoms with E-state index in [1.807, 2.05) is 0 Å². The molecule has 0 unspecified atom stereocenters. The summed E-state index contributed by atoms with van der Waals surface area (Å²) >= 11 is 0. The van der Waals surface area contributed by atoms with Crippen LogP contribution in [0.2, 0.25) is 0 Å². The molecule has 0 amide bonds. The van der Waals surface area contributed by atoms with Crippen molar-refractivity contribution in [3.8, 4) is 11.5 Å². The standard InChI is InChI=1S/C9H11O4S/c1-3-12-8-6-4-5-7-9(8)13-14(2,10)11/h4-7H,1,3H2,2H3. The van der Waals surface area contributed by atoms with Gasteiger partial charge in [-0.15, -0.1) is 0 Å². The lowest BCUT2D eigenvalue weighted by Crippen LogP contribution is -2.07. The predicted octanol–water partition coefficient (Wildman–Crippen LogP) is 1.24. The molecule has 0 saturated heterocycles. The maximum Gasteiger partial charge on any atom is 0.306 e. The number of hydrogen-bond acceptors (Lipinski definition) is 4. The molecule has 0 spiro atoms. The predicted molar refractivity (Wildman–Crippen MR) is 52.8 cm³/mol. The van der Waals surface area contributed by atoms with Crippen molar-refractivity contribution in [1.29, 1.82) is 0 Å². The molecule has 0 aliphatic rings. The summed E-state index contributed by atoms with van der Waals surface area (Å²) in [7, 11) is -3.52. The number of benzene rings is 1. The van der Waals surface area contributed by atoms with Gasteiger partial charge in [0.2, 0.25) is 0 Å². The highest BCUT2D eigenvalue weighted by Gasteiger charge is 2.09. The molecule has 0 saturated carbocycles. The van der Waals surface area contributed by atoms with E-state index in [0.29, 0.717) is 5.75 Å². The Hall–Kier alpha value is -1.23. The van der Waals surface area contributed by atoms with Crippen molar-refractivity contribution in [3.05, 3.63) is 31.2 Å². The minimum atomic E-state index is -3.52. The van der Waals surface area contributed by atoms with Gasteiger partial charge in [-0.3, -0.25) is 0 Å². The van der Waals surface area contributed by atoms with Crippen LogP contribution in [0.1, 0.15) is 0 Å². The van der Waals surface area contributed by atoms with Gasteiger partial charge in [-0.1, -0.05) is 12.1 Å². The largest absolute Gasteiger partial charge is 0.490 e. The lowest BCUT2D eigenvalue weighted by atomic mass is 10.3. The SMILES string of the molecule is [CH2]COc1ccccc1OS(C)(=O)=O. The van der Waals surface area contributed by atoms with Crippen LogP contribution in [0.25, 0.3) is 0 Å². The summed E-state index contributed by atoms with van der Waals surface area (Å²) < 4.78 is 31.5. The van der Waals surface area contributed by atoms with Crippen molar-refractivity contribution in [1.82, 2.24) is 0 Å². The lowest BCUT2D eigenvalue weighted by molar-refractivity contribution is 0.346. The van der Waals surface area contributed by atoms with Crippen LogP contribution in [0.4, 0.5) is 0 Å². The maximum atomic E-state index is 10.9. The van der Waals surface area contributed by atoms with Gasteiger partial charge in [-0.2, -0.15) is 8.42 Å². The fraction of sp³-hybridized carbons (Fsp3) is 0.222. The van der Waals surface area contributed by atoms with Gasteiger partial charge < -0.3 is 8.92 Å². The minimum absolute atomic E-state index is 0.179. The molecule has 14 heavy (non-hydrogen) atoms. The highest BCUT2D eigenvalue weighted by Crippen LogP contribution is 2.27. The highest BCUT2D eigenvalue weighted by atomic mass is 32.2. The molecule has 0 aromatic heterocycles. The summed E-state index contributed by atoms with van der Waals surface area (Å²) in [6.07, 6.45) is 0.980. The van der Waals surface area contributed by atoms with Gasteiger partial charge in [0.1, 0.15) is 0 Å². The van der Waals surface area contributed by atoms with E-state index in [4.69, 9.17) is 8.92 Å². The topological polar surface area (TPSA) is 52.6 Å². The molecular formula is C9H11O4S. The highest BCUT2D eigenvalue weighted by molar-refractivity contribution is 7.86. The smallest absolute Gasteiger partial charge is 0.306 e. The van der Waals surface area contributed by atoms with Gasteiger partial charge in [-0.25, -0.2) is 0 Å². The fourth-order valence-corrected chi connectivity index (χ4v) is 1.38. The molecule has 0 aliphatic heterocycles. The van der Waals surface area contributed by atoms with Crippen molar-refractivity contribution >= 4 is 10.1 Å². The molecule has 5 heteroatoms. The molecule has 0 aliphatic carbocycles. The molecule has 0 N–H and O–H groups in total. The lowest BCUT2D eigenvalue weighted by Gasteiger charge is -2.08. The van der Waals surface area contributed by atoms with Crippen LogP contribution in [0.15, 0.2) is 24.3 Å². The molecule has 1 radical (unpaired) electrons. The van der Waals surface area contributed by atoms with Crippen molar-refractivity contribution in [2.24, 2.45) is 0 Å². The van der Waals surface area contributed by atoms with Crippen molar-refractivity contribution in [2.45, 2.75) is 0 Å². The van der Waals surface area contributed by atoms with Crippen LogP contribution < -0.4 is 8.92 Å². The molecule has 1 aromatic rings. The van der Waals surface area contributed by atoms with E-state index in [-0.39, 0.29) is 12.4 Å². The minimum Gasteiger partial charge on any atom is -0.490 e. The third kappa shape index (κ3) is 3.26. The van der Waals surface area contributed by atoms with Crippen LogP contribution in [0.3, 0.4) is 0 Å². The average molecular weight is 215 g/mol. The first-order valence-corrected chi connectivity index (χ1v) is 5.75. The van der Waals surface area contributed by atoms with Crippen LogP contribution in [-0.2, 0) is 10.1 Å². The van der Waals surface area contributed by atoms with Crippen molar-refractivity contribution in [2.75, 3.05) is 12.9 Å². The molecule has 0 heterocycles. The van der Waals surface area contributed by atoms with Crippen LogP contribution in [0.5, 0.6) is 11.5 Å². The Kier molecular flexibility index (Phi) is 3.35. The molecule has 4 nitrogen and oxygen atoms in total. The average Bonchev–Trinajstić information content (AvgIpc) is 2.06. The second-order valence-electron chi connectivity index (χ2n) is 2.58. The Labute approximate surface area is 83.6 Å². The molecule has 0 bridgehead atoms. The van der Waals surface area contributed by atoms with Crippen LogP contribution in [-0.4, -0.2) is 21.3 Å². The Morgan fingerprint density at radius 1 is 1.29 bits per heavy atom. The van der Waals surface area contributed by atoms with E-state index in [2.05, 4.69) is 6.92 Å². The summed E-state index contributed by atoms with van der Waals surface area (Å²) in [5.41, 5.74) is 0. The molecular weight excluding hydrogens is 204 g/mol. The summed E-state index contributed by atoms with van der Waals surface area (Å²) in [5, 5.41) is 0. The molecule has 0 atom stereocenters. The fourth-order valence-electron chi connectivity index (χ4n) is 0.911. The monoisotopic (exact) mass is 215 g/mol. The molecule has 0 fully saturated rings. The number of hydrogen-bond donors (Lipinski definition) is 0. The summed E-state index contributed by atoms with van der Waals surface area (Å²) in [4.78, 5) is 0. The Balaban J connectivity index is 2.95. The van der Waals surface area contributed by atoms with Crippen molar-refractivity contribution < 1.29 is 17.3 Å². The van der Waals surface area contributed by atoms with E-state index in [1.54, 1.807) is 18.2 Å². The Morgan fingerprint density at radius 3 is 2.36 bits per heavy atom. The zero-order valence-corrected chi connectivity index (χ0v) is 8.58. The number of para-hydroxylation sites is 2. The van der Waals surface area contributed by atoms with Gasteiger partial charge in [0.05, 0.1) is 12.9 Å². The summed E-state index contributed by atoms with van der Waals surface area (Å²) in [5.74, 6) is 0.548. The van der Waals surface area contributed by atoms with Crippen LogP contribution >= 0.6 is 0 Å². The zero-order valence-electron chi connectivity index (χ0n) is 7.76. The van der Waals surface area contributed by atoms with Gasteiger partial charge >= 0.3 is 10.1 Å². The Morgan fingerprint density at radius 2 is 1.86 bits per heavy atom. The normalized spacial score (nSPS) is 11.0. The van der Waals surface area contributed by atoms with Gasteiger partial charge in [0.25, 0.3) is 0 Å². The quantitative estimate of drug-likeness (QED) is 0.709. The number of rotatable bonds is 4. The van der Waals surface area contributed by atoms with Gasteiger partial charge in [0, 0.05) is 0 Å². The summed E-state index contributed by atoms with van der Waals surface area (Å²) in [6.45, 7) is 3.70. The van der Waals surface area contributed by atoms with E-state index in [9.17, 15) is 8.42 Å². The van der Waals surface area contributed by atoms with Gasteiger partial charge in [-0.05, 0) is 19.1 Å². The second kappa shape index (κ2) is 4.32. The Bertz CT molecular complexity index is 397. The third-order valence-corrected chi connectivity index (χ3v) is 1.83. The van der Waals surface area contributed by atoms with E-state index in [0.717, 1.165) is 6.26 Å². The maximum absolute atomic E-state index is 10.9. The first-order chi connectivity index (χ1) is 6.53. The molecule has 77 valence electrons. The van der Waals surface area contributed by atoms with E-state index in [1.165, 1.54) is 6.07 Å². The van der Waals surface area contributed by atoms with Gasteiger partial charge in [0.15, 0.2) is 11.5 Å². The van der Waals surface area contributed by atoms with Crippen molar-refractivity contribution in [3.63, 3.8) is 0 Å². The first kappa shape index (κ1) is 10.8. The first-order valence-electron chi connectivity index (χ1n) is 3.93. The van der Waals surface area contributed by atoms with E-state index < -0.39 is 10.1 Å².